The van der Waals surface area contributed by atoms with Crippen LogP contribution in [0, 0.1) is 0 Å². The molecule has 4 nitrogen and oxygen atoms in total. The molecule has 0 aromatic heterocycles. The van der Waals surface area contributed by atoms with Crippen molar-refractivity contribution in [2.75, 3.05) is 6.54 Å². The van der Waals surface area contributed by atoms with Crippen LogP contribution in [0.3, 0.4) is 0 Å². The molecule has 0 aromatic carbocycles. The second-order valence-electron chi connectivity index (χ2n) is 2.03. The first-order valence-electron chi connectivity index (χ1n) is 3.42. The van der Waals surface area contributed by atoms with Crippen molar-refractivity contribution < 1.29 is 9.59 Å². The molecule has 0 aromatic rings. The van der Waals surface area contributed by atoms with Gasteiger partial charge in [-0.1, -0.05) is 6.92 Å². The molecule has 4 heteroatoms. The fourth-order valence-corrected chi connectivity index (χ4v) is 0.465. The number of carbonyl (C=O) groups excluding carboxylic acids is 2. The second-order valence-corrected chi connectivity index (χ2v) is 2.03. The summed E-state index contributed by atoms with van der Waals surface area (Å²) in [7, 11) is 0. The smallest absolute Gasteiger partial charge is 0.244 e. The zero-order valence-electron chi connectivity index (χ0n) is 6.46. The fourth-order valence-electron chi connectivity index (χ4n) is 0.465. The largest absolute Gasteiger partial charge is 0.366 e. The Labute approximate surface area is 65.5 Å². The first-order valence-corrected chi connectivity index (χ1v) is 3.42. The Hall–Kier alpha value is -1.32. The Balaban J connectivity index is 3.60. The summed E-state index contributed by atoms with van der Waals surface area (Å²) < 4.78 is 0. The summed E-state index contributed by atoms with van der Waals surface area (Å²) in [5.41, 5.74) is 4.76. The van der Waals surface area contributed by atoms with Crippen LogP contribution in [0.4, 0.5) is 0 Å². The van der Waals surface area contributed by atoms with Crippen LogP contribution in [0.5, 0.6) is 0 Å². The number of hydrogen-bond donors (Lipinski definition) is 2. The monoisotopic (exact) mass is 156 g/mol. The van der Waals surface area contributed by atoms with Gasteiger partial charge in [-0.05, 0) is 6.42 Å². The van der Waals surface area contributed by atoms with E-state index in [1.807, 2.05) is 6.92 Å². The van der Waals surface area contributed by atoms with Crippen LogP contribution in [-0.2, 0) is 9.59 Å². The van der Waals surface area contributed by atoms with Crippen LogP contribution in [0.25, 0.3) is 0 Å². The summed E-state index contributed by atoms with van der Waals surface area (Å²) >= 11 is 0. The first-order chi connectivity index (χ1) is 5.16. The number of nitrogens with two attached hydrogens (primary N) is 1. The molecule has 2 amide bonds. The summed E-state index contributed by atoms with van der Waals surface area (Å²) in [6.07, 6.45) is 3.03. The maximum atomic E-state index is 10.7. The van der Waals surface area contributed by atoms with Crippen LogP contribution in [-0.4, -0.2) is 18.4 Å². The van der Waals surface area contributed by atoms with E-state index in [4.69, 9.17) is 5.73 Å². The Morgan fingerprint density at radius 2 is 2.09 bits per heavy atom. The molecule has 0 unspecified atom stereocenters. The minimum absolute atomic E-state index is 0.286. The molecule has 62 valence electrons. The Morgan fingerprint density at radius 3 is 2.55 bits per heavy atom. The van der Waals surface area contributed by atoms with Crippen molar-refractivity contribution in [1.82, 2.24) is 5.32 Å². The van der Waals surface area contributed by atoms with E-state index in [0.717, 1.165) is 18.6 Å². The average molecular weight is 156 g/mol. The number of hydrogen-bond acceptors (Lipinski definition) is 2. The van der Waals surface area contributed by atoms with Crippen molar-refractivity contribution >= 4 is 11.8 Å². The van der Waals surface area contributed by atoms with Crippen LogP contribution in [0.15, 0.2) is 12.2 Å². The third kappa shape index (κ3) is 6.57. The number of carbonyl (C=O) groups is 2. The molecule has 0 saturated carbocycles. The zero-order chi connectivity index (χ0) is 8.69. The predicted octanol–water partition coefficient (Wildman–Crippen LogP) is -0.446. The number of primary amides is 1. The lowest BCUT2D eigenvalue weighted by Gasteiger charge is -1.95. The van der Waals surface area contributed by atoms with Gasteiger partial charge in [0.2, 0.25) is 11.8 Å². The number of rotatable bonds is 4. The van der Waals surface area contributed by atoms with Gasteiger partial charge < -0.3 is 11.1 Å². The molecule has 0 aliphatic heterocycles. The average Bonchev–Trinajstić information content (AvgIpc) is 1.97. The molecule has 0 bridgehead atoms. The predicted molar refractivity (Wildman–Crippen MR) is 41.6 cm³/mol. The van der Waals surface area contributed by atoms with Gasteiger partial charge in [-0.15, -0.1) is 0 Å². The van der Waals surface area contributed by atoms with Crippen LogP contribution < -0.4 is 11.1 Å². The molecule has 0 saturated heterocycles. The molecule has 0 rings (SSSR count). The van der Waals surface area contributed by atoms with Crippen molar-refractivity contribution in [1.29, 1.82) is 0 Å². The minimum Gasteiger partial charge on any atom is -0.366 e. The van der Waals surface area contributed by atoms with Crippen molar-refractivity contribution in [2.45, 2.75) is 13.3 Å². The normalized spacial score (nSPS) is 9.91. The molecule has 0 radical (unpaired) electrons. The molecule has 0 fully saturated rings. The maximum Gasteiger partial charge on any atom is 0.244 e. The van der Waals surface area contributed by atoms with Gasteiger partial charge in [-0.25, -0.2) is 0 Å². The molecular weight excluding hydrogens is 144 g/mol. The highest BCUT2D eigenvalue weighted by Gasteiger charge is 1.92. The lowest BCUT2D eigenvalue weighted by molar-refractivity contribution is -0.117. The van der Waals surface area contributed by atoms with E-state index in [9.17, 15) is 9.59 Å². The van der Waals surface area contributed by atoms with Gasteiger partial charge in [0.05, 0.1) is 0 Å². The standard InChI is InChI=1S/C7H12N2O2/c1-2-5-9-7(11)4-3-6(8)10/h3-4H,2,5H2,1H3,(H2,8,10)(H,9,11)/b4-3+. The summed E-state index contributed by atoms with van der Waals surface area (Å²) in [6.45, 7) is 2.56. The SMILES string of the molecule is CCCNC(=O)/C=C/C(N)=O. The van der Waals surface area contributed by atoms with Crippen molar-refractivity contribution in [3.63, 3.8) is 0 Å². The van der Waals surface area contributed by atoms with Gasteiger partial charge in [0, 0.05) is 18.7 Å². The summed E-state index contributed by atoms with van der Waals surface area (Å²) in [5, 5.41) is 2.55. The molecular formula is C7H12N2O2. The van der Waals surface area contributed by atoms with Crippen molar-refractivity contribution in [2.24, 2.45) is 5.73 Å². The lowest BCUT2D eigenvalue weighted by Crippen LogP contribution is -2.22. The first kappa shape index (κ1) is 9.68. The van der Waals surface area contributed by atoms with Crippen LogP contribution in [0.2, 0.25) is 0 Å². The van der Waals surface area contributed by atoms with Crippen LogP contribution in [0.1, 0.15) is 13.3 Å². The highest BCUT2D eigenvalue weighted by molar-refractivity contribution is 5.95. The highest BCUT2D eigenvalue weighted by atomic mass is 16.2. The molecule has 11 heavy (non-hydrogen) atoms. The summed E-state index contributed by atoms with van der Waals surface area (Å²) in [5.74, 6) is -0.901. The van der Waals surface area contributed by atoms with Gasteiger partial charge >= 0.3 is 0 Å². The van der Waals surface area contributed by atoms with E-state index in [1.165, 1.54) is 0 Å². The quantitative estimate of drug-likeness (QED) is 0.541. The Morgan fingerprint density at radius 1 is 1.45 bits per heavy atom. The topological polar surface area (TPSA) is 72.2 Å². The van der Waals surface area contributed by atoms with E-state index < -0.39 is 5.91 Å². The zero-order valence-corrected chi connectivity index (χ0v) is 6.46. The second kappa shape index (κ2) is 5.46. The van der Waals surface area contributed by atoms with E-state index in [0.29, 0.717) is 6.54 Å². The maximum absolute atomic E-state index is 10.7. The van der Waals surface area contributed by atoms with E-state index in [2.05, 4.69) is 5.32 Å². The van der Waals surface area contributed by atoms with E-state index in [-0.39, 0.29) is 5.91 Å². The molecule has 3 N–H and O–H groups in total. The van der Waals surface area contributed by atoms with E-state index in [1.54, 1.807) is 0 Å². The summed E-state index contributed by atoms with van der Waals surface area (Å²) in [6, 6.07) is 0. The van der Waals surface area contributed by atoms with Crippen molar-refractivity contribution in [3.05, 3.63) is 12.2 Å². The highest BCUT2D eigenvalue weighted by Crippen LogP contribution is 1.74. The van der Waals surface area contributed by atoms with Gasteiger partial charge in [0.1, 0.15) is 0 Å². The Bertz CT molecular complexity index is 175. The van der Waals surface area contributed by atoms with Gasteiger partial charge in [0.25, 0.3) is 0 Å². The summed E-state index contributed by atoms with van der Waals surface area (Å²) in [4.78, 5) is 20.8. The molecule has 0 heterocycles. The lowest BCUT2D eigenvalue weighted by atomic mass is 10.4. The third-order valence-corrected chi connectivity index (χ3v) is 0.948. The Kier molecular flexibility index (Phi) is 4.81. The molecule has 0 atom stereocenters. The minimum atomic E-state index is -0.614. The molecule has 0 aliphatic carbocycles. The molecule has 0 spiro atoms. The van der Waals surface area contributed by atoms with Crippen LogP contribution >= 0.6 is 0 Å². The van der Waals surface area contributed by atoms with Gasteiger partial charge in [-0.3, -0.25) is 9.59 Å². The van der Waals surface area contributed by atoms with Gasteiger partial charge in [0.15, 0.2) is 0 Å². The van der Waals surface area contributed by atoms with Gasteiger partial charge in [-0.2, -0.15) is 0 Å². The third-order valence-electron chi connectivity index (χ3n) is 0.948. The fraction of sp³-hybridized carbons (Fsp3) is 0.429. The van der Waals surface area contributed by atoms with Crippen molar-refractivity contribution in [3.8, 4) is 0 Å². The number of nitrogens with one attached hydrogen (secondary N) is 1. The molecule has 0 aliphatic rings. The number of amides is 2. The van der Waals surface area contributed by atoms with E-state index >= 15 is 0 Å².